The predicted molar refractivity (Wildman–Crippen MR) is 236 cm³/mol. The molecule has 0 spiro atoms. The van der Waals surface area contributed by atoms with E-state index in [-0.39, 0.29) is 10.8 Å². The average molecular weight is 719 g/mol. The van der Waals surface area contributed by atoms with Gasteiger partial charge in [-0.25, -0.2) is 0 Å². The molecule has 0 aliphatic heterocycles. The van der Waals surface area contributed by atoms with Crippen LogP contribution in [0.5, 0.6) is 0 Å². The quantitative estimate of drug-likeness (QED) is 0.172. The lowest BCUT2D eigenvalue weighted by Gasteiger charge is -2.35. The van der Waals surface area contributed by atoms with Gasteiger partial charge in [-0.3, -0.25) is 0 Å². The minimum absolute atomic E-state index is 0.175. The smallest absolute Gasteiger partial charge is 0.0541 e. The molecule has 0 atom stereocenters. The Morgan fingerprint density at radius 3 is 1.52 bits per heavy atom. The van der Waals surface area contributed by atoms with Crippen LogP contribution in [0.1, 0.15) is 49.9 Å². The van der Waals surface area contributed by atoms with E-state index in [2.05, 4.69) is 219 Å². The zero-order chi connectivity index (χ0) is 37.8. The van der Waals surface area contributed by atoms with Crippen LogP contribution < -0.4 is 4.90 Å². The number of anilines is 3. The summed E-state index contributed by atoms with van der Waals surface area (Å²) >= 11 is 0. The lowest BCUT2D eigenvalue weighted by molar-refractivity contribution is 0.656. The van der Waals surface area contributed by atoms with Crippen LogP contribution in [0.4, 0.5) is 17.1 Å². The maximum absolute atomic E-state index is 2.55. The van der Waals surface area contributed by atoms with Gasteiger partial charge in [0.15, 0.2) is 0 Å². The molecule has 8 aromatic carbocycles. The van der Waals surface area contributed by atoms with Crippen molar-refractivity contribution in [3.05, 3.63) is 204 Å². The molecule has 2 nitrogen and oxygen atoms in total. The Bertz CT molecular complexity index is 2910. The van der Waals surface area contributed by atoms with Gasteiger partial charge in [-0.15, -0.1) is 0 Å². The summed E-state index contributed by atoms with van der Waals surface area (Å²) in [6, 6.07) is 67.4. The third-order valence-electron chi connectivity index (χ3n) is 12.7. The highest BCUT2D eigenvalue weighted by Crippen LogP contribution is 2.58. The van der Waals surface area contributed by atoms with Crippen molar-refractivity contribution in [3.63, 3.8) is 0 Å². The molecule has 0 saturated carbocycles. The molecule has 1 heterocycles. The first kappa shape index (κ1) is 32.8. The summed E-state index contributed by atoms with van der Waals surface area (Å²) in [6.45, 7) is 9.57. The lowest BCUT2D eigenvalue weighted by atomic mass is 9.80. The summed E-state index contributed by atoms with van der Waals surface area (Å²) in [4.78, 5) is 2.55. The summed E-state index contributed by atoms with van der Waals surface area (Å²) in [7, 11) is 0. The Morgan fingerprint density at radius 2 is 0.893 bits per heavy atom. The van der Waals surface area contributed by atoms with Crippen molar-refractivity contribution < 1.29 is 0 Å². The molecule has 0 fully saturated rings. The minimum atomic E-state index is -0.175. The summed E-state index contributed by atoms with van der Waals surface area (Å²) in [5, 5.41) is 2.52. The molecule has 2 aliphatic carbocycles. The first-order valence-corrected chi connectivity index (χ1v) is 19.8. The summed E-state index contributed by atoms with van der Waals surface area (Å²) in [5.41, 5.74) is 20.1. The Balaban J connectivity index is 1.10. The standard InChI is InChI=1S/C54H42N2/c1-53(2)45-23-11-8-18-39(45)42-21-14-26-49(51(42)53)56(50-27-15-22-43-40-19-9-12-24-46(40)54(3,4)52(43)50)38-31-28-35(29-32-38)36-30-33-48-44(34-36)41-20-10-13-25-47(41)55(48)37-16-6-5-7-17-37/h5-34H,1-4H3. The molecule has 0 radical (unpaired) electrons. The van der Waals surface area contributed by atoms with Crippen molar-refractivity contribution in [3.8, 4) is 39.1 Å². The van der Waals surface area contributed by atoms with Gasteiger partial charge in [0.25, 0.3) is 0 Å². The topological polar surface area (TPSA) is 8.17 Å². The molecular weight excluding hydrogens is 677 g/mol. The van der Waals surface area contributed by atoms with Crippen molar-refractivity contribution in [1.82, 2.24) is 4.57 Å². The van der Waals surface area contributed by atoms with Gasteiger partial charge in [0.1, 0.15) is 0 Å². The van der Waals surface area contributed by atoms with E-state index in [4.69, 9.17) is 0 Å². The Morgan fingerprint density at radius 1 is 0.393 bits per heavy atom. The van der Waals surface area contributed by atoms with Crippen molar-refractivity contribution in [2.45, 2.75) is 38.5 Å². The summed E-state index contributed by atoms with van der Waals surface area (Å²) in [6.07, 6.45) is 0. The minimum Gasteiger partial charge on any atom is -0.310 e. The number of hydrogen-bond acceptors (Lipinski definition) is 1. The third-order valence-corrected chi connectivity index (χ3v) is 12.7. The van der Waals surface area contributed by atoms with Gasteiger partial charge in [0, 0.05) is 33.0 Å². The number of rotatable bonds is 5. The van der Waals surface area contributed by atoms with E-state index in [0.717, 1.165) is 5.69 Å². The molecule has 0 bridgehead atoms. The molecule has 0 N–H and O–H groups in total. The Labute approximate surface area is 328 Å². The fraction of sp³-hybridized carbons (Fsp3) is 0.111. The van der Waals surface area contributed by atoms with Crippen LogP contribution in [0.15, 0.2) is 182 Å². The van der Waals surface area contributed by atoms with Crippen LogP contribution in [-0.2, 0) is 10.8 Å². The van der Waals surface area contributed by atoms with Gasteiger partial charge in [-0.1, -0.05) is 155 Å². The SMILES string of the molecule is CC1(C)c2ccccc2-c2cccc(N(c3ccc(-c4ccc5c(c4)c4ccccc4n5-c4ccccc4)cc3)c3cccc4c3C(C)(C)c3ccccc3-4)c21. The van der Waals surface area contributed by atoms with Crippen LogP contribution in [0.3, 0.4) is 0 Å². The number of para-hydroxylation sites is 2. The van der Waals surface area contributed by atoms with E-state index in [0.29, 0.717) is 0 Å². The normalized spacial score (nSPS) is 14.4. The first-order valence-electron chi connectivity index (χ1n) is 19.8. The second kappa shape index (κ2) is 11.9. The van der Waals surface area contributed by atoms with Gasteiger partial charge >= 0.3 is 0 Å². The number of benzene rings is 8. The highest BCUT2D eigenvalue weighted by Gasteiger charge is 2.42. The maximum Gasteiger partial charge on any atom is 0.0541 e. The maximum atomic E-state index is 2.55. The highest BCUT2D eigenvalue weighted by molar-refractivity contribution is 6.10. The molecule has 1 aromatic heterocycles. The molecule has 56 heavy (non-hydrogen) atoms. The van der Waals surface area contributed by atoms with Crippen LogP contribution in [0.25, 0.3) is 60.9 Å². The molecule has 11 rings (SSSR count). The average Bonchev–Trinajstić information content (AvgIpc) is 3.79. The zero-order valence-corrected chi connectivity index (χ0v) is 32.2. The van der Waals surface area contributed by atoms with Crippen molar-refractivity contribution in [2.24, 2.45) is 0 Å². The molecule has 0 amide bonds. The third kappa shape index (κ3) is 4.56. The second-order valence-corrected chi connectivity index (χ2v) is 16.5. The molecule has 2 heteroatoms. The van der Waals surface area contributed by atoms with Crippen molar-refractivity contribution in [1.29, 1.82) is 0 Å². The number of nitrogens with zero attached hydrogens (tertiary/aromatic N) is 2. The number of aromatic nitrogens is 1. The van der Waals surface area contributed by atoms with E-state index >= 15 is 0 Å². The molecule has 268 valence electrons. The van der Waals surface area contributed by atoms with Gasteiger partial charge < -0.3 is 9.47 Å². The van der Waals surface area contributed by atoms with Gasteiger partial charge in [-0.2, -0.15) is 0 Å². The molecule has 0 saturated heterocycles. The van der Waals surface area contributed by atoms with Gasteiger partial charge in [-0.05, 0) is 110 Å². The van der Waals surface area contributed by atoms with Gasteiger partial charge in [0.05, 0.1) is 22.4 Å². The van der Waals surface area contributed by atoms with Crippen LogP contribution >= 0.6 is 0 Å². The molecule has 9 aromatic rings. The fourth-order valence-corrected chi connectivity index (χ4v) is 10.2. The van der Waals surface area contributed by atoms with Crippen molar-refractivity contribution in [2.75, 3.05) is 4.90 Å². The molecular formula is C54H42N2. The number of fused-ring (bicyclic) bond motifs is 9. The highest BCUT2D eigenvalue weighted by atomic mass is 15.2. The summed E-state index contributed by atoms with van der Waals surface area (Å²) in [5.74, 6) is 0. The monoisotopic (exact) mass is 718 g/mol. The van der Waals surface area contributed by atoms with E-state index in [9.17, 15) is 0 Å². The largest absolute Gasteiger partial charge is 0.310 e. The van der Waals surface area contributed by atoms with Gasteiger partial charge in [0.2, 0.25) is 0 Å². The Hall–Kier alpha value is -6.64. The number of hydrogen-bond donors (Lipinski definition) is 0. The fourth-order valence-electron chi connectivity index (χ4n) is 10.2. The Kier molecular flexibility index (Phi) is 6.98. The zero-order valence-electron chi connectivity index (χ0n) is 32.2. The predicted octanol–water partition coefficient (Wildman–Crippen LogP) is 14.5. The molecule has 2 aliphatic rings. The van der Waals surface area contributed by atoms with E-state index < -0.39 is 0 Å². The first-order chi connectivity index (χ1) is 27.3. The van der Waals surface area contributed by atoms with Crippen molar-refractivity contribution >= 4 is 38.9 Å². The molecule has 0 unspecified atom stereocenters. The van der Waals surface area contributed by atoms with E-state index in [1.54, 1.807) is 0 Å². The van der Waals surface area contributed by atoms with E-state index in [1.165, 1.54) is 94.5 Å². The van der Waals surface area contributed by atoms with Crippen LogP contribution in [0.2, 0.25) is 0 Å². The van der Waals surface area contributed by atoms with E-state index in [1.807, 2.05) is 0 Å². The second-order valence-electron chi connectivity index (χ2n) is 16.5. The van der Waals surface area contributed by atoms with Crippen LogP contribution in [-0.4, -0.2) is 4.57 Å². The van der Waals surface area contributed by atoms with Crippen LogP contribution in [0, 0.1) is 0 Å². The lowest BCUT2D eigenvalue weighted by Crippen LogP contribution is -2.23. The summed E-state index contributed by atoms with van der Waals surface area (Å²) < 4.78 is 2.38.